The first-order valence-corrected chi connectivity index (χ1v) is 7.27. The van der Waals surface area contributed by atoms with E-state index in [2.05, 4.69) is 23.8 Å². The summed E-state index contributed by atoms with van der Waals surface area (Å²) in [5.41, 5.74) is 2.31. The second kappa shape index (κ2) is 7.98. The van der Waals surface area contributed by atoms with Crippen molar-refractivity contribution in [1.82, 2.24) is 14.7 Å². The first-order valence-electron chi connectivity index (χ1n) is 6.89. The topological polar surface area (TPSA) is 41.3 Å². The molecule has 0 unspecified atom stereocenters. The summed E-state index contributed by atoms with van der Waals surface area (Å²) in [6.45, 7) is 6.38. The van der Waals surface area contributed by atoms with Gasteiger partial charge in [0.25, 0.3) is 0 Å². The molecule has 0 aliphatic rings. The van der Waals surface area contributed by atoms with Crippen molar-refractivity contribution in [3.8, 4) is 0 Å². The summed E-state index contributed by atoms with van der Waals surface area (Å²) in [5, 5.41) is 14.0. The summed E-state index contributed by atoms with van der Waals surface area (Å²) in [5.74, 6) is 0. The van der Waals surface area contributed by atoms with E-state index in [1.54, 1.807) is 0 Å². The van der Waals surface area contributed by atoms with Crippen LogP contribution in [0.4, 0.5) is 0 Å². The smallest absolute Gasteiger partial charge is 0.0659 e. The van der Waals surface area contributed by atoms with Crippen LogP contribution < -0.4 is 0 Å². The Morgan fingerprint density at radius 1 is 1.29 bits per heavy atom. The predicted octanol–water partition coefficient (Wildman–Crippen LogP) is 2.48. The molecule has 0 bridgehead atoms. The molecule has 1 heterocycles. The maximum absolute atomic E-state index is 9.09. The third kappa shape index (κ3) is 5.34. The molecule has 0 saturated carbocycles. The lowest BCUT2D eigenvalue weighted by molar-refractivity contribution is 0.202. The summed E-state index contributed by atoms with van der Waals surface area (Å²) >= 11 is 5.85. The normalized spacial score (nSPS) is 11.0. The van der Waals surface area contributed by atoms with Crippen LogP contribution in [0.25, 0.3) is 0 Å². The van der Waals surface area contributed by atoms with Crippen molar-refractivity contribution in [3.05, 3.63) is 65.5 Å². The lowest BCUT2D eigenvalue weighted by Crippen LogP contribution is -2.27. The van der Waals surface area contributed by atoms with Crippen molar-refractivity contribution in [2.24, 2.45) is 0 Å². The number of nitrogens with zero attached hydrogens (tertiary/aromatic N) is 3. The molecule has 2 rings (SSSR count). The first-order chi connectivity index (χ1) is 10.2. The number of aliphatic hydroxyl groups excluding tert-OH is 1. The van der Waals surface area contributed by atoms with Gasteiger partial charge < -0.3 is 5.11 Å². The summed E-state index contributed by atoms with van der Waals surface area (Å²) in [7, 11) is 0. The van der Waals surface area contributed by atoms with Gasteiger partial charge in [0.1, 0.15) is 0 Å². The number of benzene rings is 1. The minimum absolute atomic E-state index is 0.0995. The molecule has 0 spiro atoms. The average molecular weight is 306 g/mol. The number of aromatic nitrogens is 2. The Morgan fingerprint density at radius 3 is 2.71 bits per heavy atom. The molecule has 0 saturated heterocycles. The van der Waals surface area contributed by atoms with Crippen LogP contribution in [0.5, 0.6) is 0 Å². The monoisotopic (exact) mass is 305 g/mol. The molecule has 0 aliphatic heterocycles. The molecule has 4 nitrogen and oxygen atoms in total. The maximum atomic E-state index is 9.09. The highest BCUT2D eigenvalue weighted by Crippen LogP contribution is 2.09. The second-order valence-corrected chi connectivity index (χ2v) is 5.52. The number of rotatable bonds is 8. The van der Waals surface area contributed by atoms with Crippen LogP contribution in [0.2, 0.25) is 0 Å². The molecular weight excluding hydrogens is 286 g/mol. The van der Waals surface area contributed by atoms with Gasteiger partial charge in [0.2, 0.25) is 0 Å². The number of hydrogen-bond acceptors (Lipinski definition) is 3. The van der Waals surface area contributed by atoms with Crippen LogP contribution in [-0.2, 0) is 13.1 Å². The quantitative estimate of drug-likeness (QED) is 0.814. The van der Waals surface area contributed by atoms with E-state index in [0.29, 0.717) is 24.7 Å². The fourth-order valence-electron chi connectivity index (χ4n) is 2.20. The Balaban J connectivity index is 1.96. The number of halogens is 1. The van der Waals surface area contributed by atoms with Gasteiger partial charge in [-0.25, -0.2) is 0 Å². The van der Waals surface area contributed by atoms with Crippen molar-refractivity contribution in [3.63, 3.8) is 0 Å². The molecule has 2 aromatic rings. The van der Waals surface area contributed by atoms with Gasteiger partial charge in [-0.15, -0.1) is 0 Å². The zero-order chi connectivity index (χ0) is 15.1. The van der Waals surface area contributed by atoms with Crippen LogP contribution >= 0.6 is 11.6 Å². The average Bonchev–Trinajstić information content (AvgIpc) is 2.86. The van der Waals surface area contributed by atoms with Crippen molar-refractivity contribution >= 4 is 11.6 Å². The fourth-order valence-corrected chi connectivity index (χ4v) is 2.37. The Bertz CT molecular complexity index is 568. The van der Waals surface area contributed by atoms with E-state index < -0.39 is 0 Å². The zero-order valence-corrected chi connectivity index (χ0v) is 12.7. The number of aliphatic hydroxyl groups is 1. The standard InChI is InChI=1S/C16H20ClN3O/c1-14(17)10-19(7-8-21)11-16-9-18-20(13-16)12-15-5-3-2-4-6-15/h2-6,9,13,21H,1,7-8,10-12H2. The largest absolute Gasteiger partial charge is 0.395 e. The maximum Gasteiger partial charge on any atom is 0.0659 e. The van der Waals surface area contributed by atoms with Gasteiger partial charge in [0, 0.05) is 36.4 Å². The van der Waals surface area contributed by atoms with E-state index in [0.717, 1.165) is 12.1 Å². The molecule has 0 atom stereocenters. The molecule has 112 valence electrons. The van der Waals surface area contributed by atoms with Crippen LogP contribution in [-0.4, -0.2) is 39.5 Å². The van der Waals surface area contributed by atoms with Gasteiger partial charge >= 0.3 is 0 Å². The minimum atomic E-state index is 0.0995. The van der Waals surface area contributed by atoms with Gasteiger partial charge in [0.05, 0.1) is 19.3 Å². The van der Waals surface area contributed by atoms with E-state index in [1.807, 2.05) is 40.2 Å². The fraction of sp³-hybridized carbons (Fsp3) is 0.312. The van der Waals surface area contributed by atoms with Gasteiger partial charge in [-0.1, -0.05) is 48.5 Å². The van der Waals surface area contributed by atoms with E-state index in [1.165, 1.54) is 5.56 Å². The summed E-state index contributed by atoms with van der Waals surface area (Å²) in [6, 6.07) is 10.2. The van der Waals surface area contributed by atoms with Gasteiger partial charge in [-0.2, -0.15) is 5.10 Å². The van der Waals surface area contributed by atoms with Crippen molar-refractivity contribution in [2.75, 3.05) is 19.7 Å². The Hall–Kier alpha value is -1.62. The Labute approximate surface area is 130 Å². The van der Waals surface area contributed by atoms with E-state index in [4.69, 9.17) is 16.7 Å². The van der Waals surface area contributed by atoms with E-state index >= 15 is 0 Å². The van der Waals surface area contributed by atoms with E-state index in [9.17, 15) is 0 Å². The highest BCUT2D eigenvalue weighted by molar-refractivity contribution is 6.29. The molecule has 1 aromatic heterocycles. The number of hydrogen-bond donors (Lipinski definition) is 1. The van der Waals surface area contributed by atoms with Crippen LogP contribution in [0.3, 0.4) is 0 Å². The van der Waals surface area contributed by atoms with Crippen molar-refractivity contribution < 1.29 is 5.11 Å². The van der Waals surface area contributed by atoms with Crippen LogP contribution in [0, 0.1) is 0 Å². The Morgan fingerprint density at radius 2 is 2.05 bits per heavy atom. The van der Waals surface area contributed by atoms with Crippen LogP contribution in [0.1, 0.15) is 11.1 Å². The molecule has 0 fully saturated rings. The third-order valence-electron chi connectivity index (χ3n) is 3.09. The lowest BCUT2D eigenvalue weighted by Gasteiger charge is -2.19. The zero-order valence-electron chi connectivity index (χ0n) is 12.0. The highest BCUT2D eigenvalue weighted by atomic mass is 35.5. The molecule has 1 N–H and O–H groups in total. The van der Waals surface area contributed by atoms with E-state index in [-0.39, 0.29) is 6.61 Å². The highest BCUT2D eigenvalue weighted by Gasteiger charge is 2.08. The van der Waals surface area contributed by atoms with Crippen molar-refractivity contribution in [2.45, 2.75) is 13.1 Å². The van der Waals surface area contributed by atoms with Gasteiger partial charge in [0.15, 0.2) is 0 Å². The van der Waals surface area contributed by atoms with Gasteiger partial charge in [-0.05, 0) is 5.56 Å². The molecule has 1 aromatic carbocycles. The first kappa shape index (κ1) is 15.8. The predicted molar refractivity (Wildman–Crippen MR) is 85.1 cm³/mol. The molecule has 0 amide bonds. The minimum Gasteiger partial charge on any atom is -0.395 e. The lowest BCUT2D eigenvalue weighted by atomic mass is 10.2. The van der Waals surface area contributed by atoms with Crippen LogP contribution in [0.15, 0.2) is 54.3 Å². The van der Waals surface area contributed by atoms with Crippen molar-refractivity contribution in [1.29, 1.82) is 0 Å². The summed E-state index contributed by atoms with van der Waals surface area (Å²) in [6.07, 6.45) is 3.87. The molecule has 0 aliphatic carbocycles. The molecule has 0 radical (unpaired) electrons. The SMILES string of the molecule is C=C(Cl)CN(CCO)Cc1cnn(Cc2ccccc2)c1. The second-order valence-electron chi connectivity index (χ2n) is 4.98. The molecule has 21 heavy (non-hydrogen) atoms. The summed E-state index contributed by atoms with van der Waals surface area (Å²) in [4.78, 5) is 2.04. The van der Waals surface area contributed by atoms with Gasteiger partial charge in [-0.3, -0.25) is 9.58 Å². The third-order valence-corrected chi connectivity index (χ3v) is 3.21. The summed E-state index contributed by atoms with van der Waals surface area (Å²) < 4.78 is 1.91. The Kier molecular flexibility index (Phi) is 5.99. The molecule has 5 heteroatoms. The molecular formula is C16H20ClN3O.